The number of fused-ring (bicyclic) bond motifs is 1. The summed E-state index contributed by atoms with van der Waals surface area (Å²) in [6.45, 7) is 7.08. The molecule has 2 fully saturated rings. The van der Waals surface area contributed by atoms with Crippen LogP contribution in [0.3, 0.4) is 0 Å². The number of amides is 1. The average molecular weight is 283 g/mol. The summed E-state index contributed by atoms with van der Waals surface area (Å²) in [5.41, 5.74) is 5.36. The zero-order valence-corrected chi connectivity index (χ0v) is 12.6. The van der Waals surface area contributed by atoms with Gasteiger partial charge in [-0.15, -0.1) is 0 Å². The number of esters is 1. The lowest BCUT2D eigenvalue weighted by Crippen LogP contribution is -2.61. The fraction of sp³-hybridized carbons (Fsp3) is 0.857. The van der Waals surface area contributed by atoms with Crippen LogP contribution < -0.4 is 5.73 Å². The lowest BCUT2D eigenvalue weighted by atomic mass is 10.1. The van der Waals surface area contributed by atoms with Crippen molar-refractivity contribution in [1.82, 2.24) is 10.0 Å². The molecule has 0 aliphatic carbocycles. The van der Waals surface area contributed by atoms with Gasteiger partial charge in [0.15, 0.2) is 0 Å². The van der Waals surface area contributed by atoms with E-state index < -0.39 is 17.7 Å². The number of hydrazine groups is 1. The standard InChI is InChI=1S/C14H25N3O3/c1-14(2,3)20-13(19)11-7-5-9-16-8-4-6-10(15)12(18)17(11)16/h10-11H,4-9,15H2,1-3H3. The molecule has 2 N–H and O–H groups in total. The number of ether oxygens (including phenoxy) is 1. The van der Waals surface area contributed by atoms with E-state index >= 15 is 0 Å². The number of carbonyl (C=O) groups is 2. The summed E-state index contributed by atoms with van der Waals surface area (Å²) in [5.74, 6) is -0.484. The van der Waals surface area contributed by atoms with Gasteiger partial charge in [-0.2, -0.15) is 0 Å². The number of rotatable bonds is 1. The van der Waals surface area contributed by atoms with Crippen molar-refractivity contribution >= 4 is 11.9 Å². The molecule has 20 heavy (non-hydrogen) atoms. The molecule has 1 amide bonds. The highest BCUT2D eigenvalue weighted by Gasteiger charge is 2.42. The zero-order chi connectivity index (χ0) is 14.9. The van der Waals surface area contributed by atoms with E-state index in [4.69, 9.17) is 10.5 Å². The van der Waals surface area contributed by atoms with Gasteiger partial charge in [0.25, 0.3) is 5.91 Å². The lowest BCUT2D eigenvalue weighted by molar-refractivity contribution is -0.183. The first-order valence-electron chi connectivity index (χ1n) is 7.36. The zero-order valence-electron chi connectivity index (χ0n) is 12.6. The Morgan fingerprint density at radius 3 is 2.45 bits per heavy atom. The fourth-order valence-electron chi connectivity index (χ4n) is 2.78. The molecule has 0 radical (unpaired) electrons. The normalized spacial score (nSPS) is 28.8. The van der Waals surface area contributed by atoms with E-state index in [2.05, 4.69) is 0 Å². The van der Waals surface area contributed by atoms with Crippen LogP contribution in [0, 0.1) is 0 Å². The fourth-order valence-corrected chi connectivity index (χ4v) is 2.78. The third-order valence-electron chi connectivity index (χ3n) is 3.65. The second-order valence-corrected chi connectivity index (χ2v) is 6.58. The number of carbonyl (C=O) groups excluding carboxylic acids is 2. The van der Waals surface area contributed by atoms with E-state index in [1.165, 1.54) is 0 Å². The van der Waals surface area contributed by atoms with Crippen molar-refractivity contribution in [3.8, 4) is 0 Å². The van der Waals surface area contributed by atoms with Gasteiger partial charge in [-0.3, -0.25) is 9.80 Å². The molecule has 2 saturated heterocycles. The molecule has 114 valence electrons. The Bertz CT molecular complexity index is 392. The maximum Gasteiger partial charge on any atom is 0.331 e. The Kier molecular flexibility index (Phi) is 4.34. The molecular weight excluding hydrogens is 258 g/mol. The molecule has 0 aromatic carbocycles. The van der Waals surface area contributed by atoms with Crippen LogP contribution in [0.15, 0.2) is 0 Å². The van der Waals surface area contributed by atoms with Gasteiger partial charge in [0.05, 0.1) is 6.04 Å². The minimum Gasteiger partial charge on any atom is -0.458 e. The van der Waals surface area contributed by atoms with Crippen LogP contribution in [0.4, 0.5) is 0 Å². The Morgan fingerprint density at radius 2 is 1.85 bits per heavy atom. The SMILES string of the molecule is CC(C)(C)OC(=O)C1CCCN2CCCC(N)C(=O)N12. The van der Waals surface area contributed by atoms with Gasteiger partial charge < -0.3 is 10.5 Å². The molecule has 6 nitrogen and oxygen atoms in total. The van der Waals surface area contributed by atoms with Crippen LogP contribution in [0.25, 0.3) is 0 Å². The monoisotopic (exact) mass is 283 g/mol. The summed E-state index contributed by atoms with van der Waals surface area (Å²) in [6, 6.07) is -1.04. The van der Waals surface area contributed by atoms with Crippen molar-refractivity contribution in [3.05, 3.63) is 0 Å². The van der Waals surface area contributed by atoms with Crippen molar-refractivity contribution in [1.29, 1.82) is 0 Å². The van der Waals surface area contributed by atoms with Crippen LogP contribution in [0.1, 0.15) is 46.5 Å². The first-order chi connectivity index (χ1) is 9.29. The highest BCUT2D eigenvalue weighted by atomic mass is 16.6. The molecule has 2 atom stereocenters. The third kappa shape index (κ3) is 3.30. The first kappa shape index (κ1) is 15.3. The molecule has 2 unspecified atom stereocenters. The van der Waals surface area contributed by atoms with E-state index in [9.17, 15) is 9.59 Å². The van der Waals surface area contributed by atoms with Crippen LogP contribution in [-0.2, 0) is 14.3 Å². The van der Waals surface area contributed by atoms with Crippen LogP contribution in [-0.4, -0.2) is 52.7 Å². The number of nitrogens with two attached hydrogens (primary N) is 1. The van der Waals surface area contributed by atoms with Gasteiger partial charge in [0, 0.05) is 13.1 Å². The summed E-state index contributed by atoms with van der Waals surface area (Å²) in [6.07, 6.45) is 3.09. The summed E-state index contributed by atoms with van der Waals surface area (Å²) >= 11 is 0. The molecule has 2 heterocycles. The number of hydrogen-bond donors (Lipinski definition) is 1. The largest absolute Gasteiger partial charge is 0.458 e. The second-order valence-electron chi connectivity index (χ2n) is 6.58. The lowest BCUT2D eigenvalue weighted by Gasteiger charge is -2.43. The van der Waals surface area contributed by atoms with Gasteiger partial charge >= 0.3 is 5.97 Å². The Balaban J connectivity index is 2.18. The van der Waals surface area contributed by atoms with Crippen molar-refractivity contribution in [2.24, 2.45) is 5.73 Å². The number of nitrogens with zero attached hydrogens (tertiary/aromatic N) is 2. The third-order valence-corrected chi connectivity index (χ3v) is 3.65. The second kappa shape index (κ2) is 5.69. The molecule has 2 aliphatic heterocycles. The topological polar surface area (TPSA) is 75.9 Å². The van der Waals surface area contributed by atoms with Crippen molar-refractivity contribution in [2.45, 2.75) is 64.1 Å². The quantitative estimate of drug-likeness (QED) is 0.715. The Morgan fingerprint density at radius 1 is 1.25 bits per heavy atom. The van der Waals surface area contributed by atoms with Gasteiger partial charge in [0.2, 0.25) is 0 Å². The molecule has 0 bridgehead atoms. The maximum atomic E-state index is 12.4. The summed E-state index contributed by atoms with van der Waals surface area (Å²) in [5, 5.41) is 3.53. The van der Waals surface area contributed by atoms with Crippen LogP contribution in [0.5, 0.6) is 0 Å². The van der Waals surface area contributed by atoms with Crippen LogP contribution >= 0.6 is 0 Å². The minimum atomic E-state index is -0.545. The highest BCUT2D eigenvalue weighted by molar-refractivity contribution is 5.87. The molecule has 2 rings (SSSR count). The molecule has 0 aromatic rings. The Labute approximate surface area is 120 Å². The summed E-state index contributed by atoms with van der Waals surface area (Å²) in [7, 11) is 0. The van der Waals surface area contributed by atoms with Gasteiger partial charge in [-0.1, -0.05) is 0 Å². The molecule has 6 heteroatoms. The highest BCUT2D eigenvalue weighted by Crippen LogP contribution is 2.25. The van der Waals surface area contributed by atoms with Gasteiger partial charge in [-0.25, -0.2) is 9.80 Å². The Hall–Kier alpha value is -1.14. The molecule has 0 aromatic heterocycles. The van der Waals surface area contributed by atoms with Gasteiger partial charge in [-0.05, 0) is 46.5 Å². The van der Waals surface area contributed by atoms with E-state index in [1.54, 1.807) is 5.01 Å². The summed E-state index contributed by atoms with van der Waals surface area (Å²) in [4.78, 5) is 24.8. The predicted molar refractivity (Wildman–Crippen MR) is 74.5 cm³/mol. The van der Waals surface area contributed by atoms with E-state index in [0.29, 0.717) is 12.8 Å². The van der Waals surface area contributed by atoms with E-state index in [1.807, 2.05) is 25.8 Å². The minimum absolute atomic E-state index is 0.155. The molecule has 0 spiro atoms. The van der Waals surface area contributed by atoms with Gasteiger partial charge in [0.1, 0.15) is 11.6 Å². The van der Waals surface area contributed by atoms with Crippen LogP contribution in [0.2, 0.25) is 0 Å². The smallest absolute Gasteiger partial charge is 0.331 e. The predicted octanol–water partition coefficient (Wildman–Crippen LogP) is 0.657. The maximum absolute atomic E-state index is 12.4. The molecule has 0 saturated carbocycles. The molecule has 2 aliphatic rings. The van der Waals surface area contributed by atoms with Crippen molar-refractivity contribution in [2.75, 3.05) is 13.1 Å². The average Bonchev–Trinajstić information content (AvgIpc) is 2.48. The van der Waals surface area contributed by atoms with E-state index in [-0.39, 0.29) is 11.9 Å². The number of hydrogen-bond acceptors (Lipinski definition) is 5. The van der Waals surface area contributed by atoms with E-state index in [0.717, 1.165) is 25.9 Å². The van der Waals surface area contributed by atoms with Crippen molar-refractivity contribution in [3.63, 3.8) is 0 Å². The first-order valence-corrected chi connectivity index (χ1v) is 7.36. The molecular formula is C14H25N3O3. The summed E-state index contributed by atoms with van der Waals surface area (Å²) < 4.78 is 5.45. The van der Waals surface area contributed by atoms with Crippen molar-refractivity contribution < 1.29 is 14.3 Å².